The van der Waals surface area contributed by atoms with E-state index >= 15 is 0 Å². The molecule has 1 aromatic rings. The summed E-state index contributed by atoms with van der Waals surface area (Å²) in [6.45, 7) is 5.33. The highest BCUT2D eigenvalue weighted by molar-refractivity contribution is 14.0. The second-order valence-electron chi connectivity index (χ2n) is 5.00. The van der Waals surface area contributed by atoms with Crippen molar-refractivity contribution >= 4 is 29.9 Å². The van der Waals surface area contributed by atoms with Crippen LogP contribution in [-0.2, 0) is 16.0 Å². The van der Waals surface area contributed by atoms with Gasteiger partial charge in [0, 0.05) is 32.4 Å². The summed E-state index contributed by atoms with van der Waals surface area (Å²) in [5.41, 5.74) is 0.821. The normalized spacial score (nSPS) is 10.7. The molecule has 6 nitrogen and oxygen atoms in total. The van der Waals surface area contributed by atoms with Crippen LogP contribution >= 0.6 is 24.0 Å². The first kappa shape index (κ1) is 23.6. The maximum Gasteiger partial charge on any atom is 0.191 e. The van der Waals surface area contributed by atoms with Gasteiger partial charge in [-0.25, -0.2) is 9.38 Å². The van der Waals surface area contributed by atoms with Crippen molar-refractivity contribution in [2.45, 2.75) is 19.9 Å². The molecule has 140 valence electrons. The van der Waals surface area contributed by atoms with Crippen LogP contribution in [0.2, 0.25) is 0 Å². The average Bonchev–Trinajstić information content (AvgIpc) is 2.60. The van der Waals surface area contributed by atoms with Crippen molar-refractivity contribution in [3.8, 4) is 6.07 Å². The zero-order valence-corrected chi connectivity index (χ0v) is 17.0. The minimum atomic E-state index is -0.361. The van der Waals surface area contributed by atoms with E-state index in [-0.39, 0.29) is 36.3 Å². The van der Waals surface area contributed by atoms with E-state index in [2.05, 4.69) is 15.6 Å². The number of guanidine groups is 1. The van der Waals surface area contributed by atoms with Crippen LogP contribution in [0.5, 0.6) is 0 Å². The minimum absolute atomic E-state index is 0. The predicted octanol–water partition coefficient (Wildman–Crippen LogP) is 2.42. The number of nitrogens with zero attached hydrogens (tertiary/aromatic N) is 2. The van der Waals surface area contributed by atoms with E-state index in [4.69, 9.17) is 14.7 Å². The number of halogens is 2. The monoisotopic (exact) mass is 464 g/mol. The minimum Gasteiger partial charge on any atom is -0.382 e. The molecule has 0 aliphatic heterocycles. The lowest BCUT2D eigenvalue weighted by atomic mass is 10.1. The topological polar surface area (TPSA) is 78.7 Å². The molecule has 0 bridgehead atoms. The molecule has 1 rings (SSSR count). The lowest BCUT2D eigenvalue weighted by Crippen LogP contribution is -2.38. The van der Waals surface area contributed by atoms with Gasteiger partial charge >= 0.3 is 0 Å². The van der Waals surface area contributed by atoms with Crippen molar-refractivity contribution in [3.05, 3.63) is 35.1 Å². The standard InChI is InChI=1S/C17H25FN4O2.HI/c1-3-20-17(21-7-4-8-24-10-9-23-2)22-13-15-11-14(12-19)5-6-16(15)18;/h5-6,11H,3-4,7-10,13H2,1-2H3,(H2,20,21,22);1H. The number of aliphatic imine (C=N–C) groups is 1. The number of ether oxygens (including phenoxy) is 2. The molecule has 0 heterocycles. The van der Waals surface area contributed by atoms with E-state index in [0.717, 1.165) is 6.42 Å². The fourth-order valence-corrected chi connectivity index (χ4v) is 1.90. The van der Waals surface area contributed by atoms with Crippen molar-refractivity contribution in [3.63, 3.8) is 0 Å². The van der Waals surface area contributed by atoms with Gasteiger partial charge in [-0.05, 0) is 31.5 Å². The second kappa shape index (κ2) is 14.9. The summed E-state index contributed by atoms with van der Waals surface area (Å²) < 4.78 is 24.0. The van der Waals surface area contributed by atoms with Crippen LogP contribution in [0.4, 0.5) is 4.39 Å². The molecule has 0 aliphatic rings. The Labute approximate surface area is 165 Å². The number of rotatable bonds is 10. The van der Waals surface area contributed by atoms with Crippen LogP contribution in [0.25, 0.3) is 0 Å². The molecule has 8 heteroatoms. The molecule has 0 amide bonds. The molecular formula is C17H26FIN4O2. The van der Waals surface area contributed by atoms with Gasteiger partial charge in [-0.15, -0.1) is 24.0 Å². The van der Waals surface area contributed by atoms with Gasteiger partial charge in [-0.1, -0.05) is 0 Å². The lowest BCUT2D eigenvalue weighted by molar-refractivity contribution is 0.0698. The molecule has 0 aliphatic carbocycles. The Balaban J connectivity index is 0.00000576. The summed E-state index contributed by atoms with van der Waals surface area (Å²) in [5.74, 6) is 0.247. The molecular weight excluding hydrogens is 438 g/mol. The van der Waals surface area contributed by atoms with Crippen LogP contribution in [-0.4, -0.2) is 46.0 Å². The Morgan fingerprint density at radius 2 is 2.08 bits per heavy atom. The molecule has 0 spiro atoms. The van der Waals surface area contributed by atoms with Crippen LogP contribution in [0.1, 0.15) is 24.5 Å². The van der Waals surface area contributed by atoms with Crippen LogP contribution in [0.15, 0.2) is 23.2 Å². The van der Waals surface area contributed by atoms with Gasteiger partial charge in [0.05, 0.1) is 31.4 Å². The Bertz CT molecular complexity index is 564. The first-order valence-electron chi connectivity index (χ1n) is 7.98. The van der Waals surface area contributed by atoms with Crippen LogP contribution in [0.3, 0.4) is 0 Å². The Kier molecular flexibility index (Phi) is 14.0. The zero-order chi connectivity index (χ0) is 17.6. The fraction of sp³-hybridized carbons (Fsp3) is 0.529. The predicted molar refractivity (Wildman–Crippen MR) is 107 cm³/mol. The van der Waals surface area contributed by atoms with Crippen molar-refractivity contribution in [1.29, 1.82) is 5.26 Å². The molecule has 0 radical (unpaired) electrons. The zero-order valence-electron chi connectivity index (χ0n) is 14.7. The molecule has 25 heavy (non-hydrogen) atoms. The smallest absolute Gasteiger partial charge is 0.191 e. The molecule has 2 N–H and O–H groups in total. The fourth-order valence-electron chi connectivity index (χ4n) is 1.90. The Morgan fingerprint density at radius 3 is 2.76 bits per heavy atom. The molecule has 0 unspecified atom stereocenters. The van der Waals surface area contributed by atoms with Gasteiger partial charge in [-0.2, -0.15) is 5.26 Å². The number of hydrogen-bond acceptors (Lipinski definition) is 4. The lowest BCUT2D eigenvalue weighted by Gasteiger charge is -2.11. The van der Waals surface area contributed by atoms with Gasteiger partial charge in [0.25, 0.3) is 0 Å². The van der Waals surface area contributed by atoms with Crippen molar-refractivity contribution in [2.75, 3.05) is 40.0 Å². The van der Waals surface area contributed by atoms with Crippen molar-refractivity contribution in [2.24, 2.45) is 4.99 Å². The molecule has 0 saturated heterocycles. The van der Waals surface area contributed by atoms with Gasteiger partial charge in [0.15, 0.2) is 5.96 Å². The third kappa shape index (κ3) is 10.2. The quantitative estimate of drug-likeness (QED) is 0.241. The second-order valence-corrected chi connectivity index (χ2v) is 5.00. The van der Waals surface area contributed by atoms with Crippen LogP contribution in [0, 0.1) is 17.1 Å². The summed E-state index contributed by atoms with van der Waals surface area (Å²) >= 11 is 0. The van der Waals surface area contributed by atoms with Gasteiger partial charge in [0.2, 0.25) is 0 Å². The van der Waals surface area contributed by atoms with Crippen LogP contribution < -0.4 is 10.6 Å². The molecule has 0 fully saturated rings. The average molecular weight is 464 g/mol. The SMILES string of the molecule is CCNC(=NCc1cc(C#N)ccc1F)NCCCOCCOC.I. The first-order chi connectivity index (χ1) is 11.7. The van der Waals surface area contributed by atoms with Gasteiger partial charge in [-0.3, -0.25) is 0 Å². The Hall–Kier alpha value is -1.44. The summed E-state index contributed by atoms with van der Waals surface area (Å²) in [7, 11) is 1.64. The van der Waals surface area contributed by atoms with Gasteiger partial charge in [0.1, 0.15) is 5.82 Å². The molecule has 0 atom stereocenters. The number of methoxy groups -OCH3 is 1. The highest BCUT2D eigenvalue weighted by Crippen LogP contribution is 2.11. The number of hydrogen-bond donors (Lipinski definition) is 2. The van der Waals surface area contributed by atoms with E-state index < -0.39 is 0 Å². The maximum absolute atomic E-state index is 13.8. The first-order valence-corrected chi connectivity index (χ1v) is 7.98. The third-order valence-electron chi connectivity index (χ3n) is 3.12. The Morgan fingerprint density at radius 1 is 1.28 bits per heavy atom. The number of nitriles is 1. The highest BCUT2D eigenvalue weighted by Gasteiger charge is 2.04. The number of nitrogens with one attached hydrogen (secondary N) is 2. The molecule has 1 aromatic carbocycles. The number of benzene rings is 1. The van der Waals surface area contributed by atoms with Gasteiger partial charge < -0.3 is 20.1 Å². The summed E-state index contributed by atoms with van der Waals surface area (Å²) in [4.78, 5) is 4.35. The van der Waals surface area contributed by atoms with Crippen molar-refractivity contribution in [1.82, 2.24) is 10.6 Å². The van der Waals surface area contributed by atoms with Crippen molar-refractivity contribution < 1.29 is 13.9 Å². The molecule has 0 saturated carbocycles. The summed E-state index contributed by atoms with van der Waals surface area (Å²) in [6.07, 6.45) is 0.826. The van der Waals surface area contributed by atoms with E-state index in [1.54, 1.807) is 7.11 Å². The summed E-state index contributed by atoms with van der Waals surface area (Å²) in [6, 6.07) is 6.27. The molecule has 0 aromatic heterocycles. The van der Waals surface area contributed by atoms with E-state index in [9.17, 15) is 4.39 Å². The highest BCUT2D eigenvalue weighted by atomic mass is 127. The largest absolute Gasteiger partial charge is 0.382 e. The van der Waals surface area contributed by atoms with E-state index in [1.165, 1.54) is 18.2 Å². The summed E-state index contributed by atoms with van der Waals surface area (Å²) in [5, 5.41) is 15.2. The third-order valence-corrected chi connectivity index (χ3v) is 3.12. The van der Waals surface area contributed by atoms with E-state index in [0.29, 0.717) is 50.0 Å². The maximum atomic E-state index is 13.8. The van der Waals surface area contributed by atoms with E-state index in [1.807, 2.05) is 13.0 Å².